The van der Waals surface area contributed by atoms with Crippen LogP contribution in [0.2, 0.25) is 5.02 Å². The van der Waals surface area contributed by atoms with E-state index in [0.29, 0.717) is 5.02 Å². The standard InChI is InChI=1S/C18H23BClNO5/c1-17(2)18(3,4)26-19(25-17)14(12-5-7-13(20)8-6-12)11-15(22)21-9-10-24-16(21)23/h5-8,14H,9-11H2,1-4H3/t14-/m0/s1. The zero-order valence-corrected chi connectivity index (χ0v) is 16.2. The number of hydrogen-bond donors (Lipinski definition) is 0. The molecule has 2 aliphatic heterocycles. The van der Waals surface area contributed by atoms with Gasteiger partial charge < -0.3 is 14.0 Å². The monoisotopic (exact) mass is 379 g/mol. The number of carbonyl (C=O) groups is 2. The van der Waals surface area contributed by atoms with Crippen LogP contribution in [0.5, 0.6) is 0 Å². The van der Waals surface area contributed by atoms with E-state index in [0.717, 1.165) is 10.5 Å². The van der Waals surface area contributed by atoms with Gasteiger partial charge in [0, 0.05) is 17.3 Å². The summed E-state index contributed by atoms with van der Waals surface area (Å²) in [6, 6.07) is 7.24. The number of ether oxygens (including phenoxy) is 1. The van der Waals surface area contributed by atoms with E-state index in [2.05, 4.69) is 0 Å². The minimum absolute atomic E-state index is 0.0769. The van der Waals surface area contributed by atoms with Crippen LogP contribution in [0, 0.1) is 0 Å². The lowest BCUT2D eigenvalue weighted by Crippen LogP contribution is -2.41. The number of halogens is 1. The SMILES string of the molecule is CC1(C)OB([C@@H](CC(=O)N2CCOC2=O)c2ccc(Cl)cc2)OC1(C)C. The van der Waals surface area contributed by atoms with Gasteiger partial charge in [0.15, 0.2) is 0 Å². The lowest BCUT2D eigenvalue weighted by molar-refractivity contribution is -0.127. The van der Waals surface area contributed by atoms with Gasteiger partial charge in [0.25, 0.3) is 0 Å². The zero-order valence-electron chi connectivity index (χ0n) is 15.5. The van der Waals surface area contributed by atoms with Crippen molar-refractivity contribution in [3.63, 3.8) is 0 Å². The molecular weight excluding hydrogens is 356 g/mol. The largest absolute Gasteiger partial charge is 0.466 e. The Morgan fingerprint density at radius 1 is 1.19 bits per heavy atom. The zero-order chi connectivity index (χ0) is 19.1. The molecular formula is C18H23BClNO5. The predicted octanol–water partition coefficient (Wildman–Crippen LogP) is 3.42. The second-order valence-electron chi connectivity index (χ2n) is 7.65. The van der Waals surface area contributed by atoms with Crippen molar-refractivity contribution < 1.29 is 23.6 Å². The van der Waals surface area contributed by atoms with Gasteiger partial charge in [0.05, 0.1) is 17.7 Å². The van der Waals surface area contributed by atoms with Crippen LogP contribution in [0.3, 0.4) is 0 Å². The molecule has 2 heterocycles. The Labute approximate surface area is 158 Å². The summed E-state index contributed by atoms with van der Waals surface area (Å²) in [7, 11) is -0.608. The van der Waals surface area contributed by atoms with Crippen LogP contribution in [0.4, 0.5) is 4.79 Å². The van der Waals surface area contributed by atoms with E-state index in [1.807, 2.05) is 39.8 Å². The highest BCUT2D eigenvalue weighted by molar-refractivity contribution is 6.48. The molecule has 6 nitrogen and oxygen atoms in total. The highest BCUT2D eigenvalue weighted by Gasteiger charge is 2.54. The first-order valence-electron chi connectivity index (χ1n) is 8.69. The van der Waals surface area contributed by atoms with E-state index in [1.54, 1.807) is 12.1 Å². The van der Waals surface area contributed by atoms with Gasteiger partial charge in [-0.2, -0.15) is 0 Å². The molecule has 1 aromatic rings. The molecule has 0 spiro atoms. The van der Waals surface area contributed by atoms with Crippen molar-refractivity contribution in [1.29, 1.82) is 0 Å². The molecule has 1 atom stereocenters. The van der Waals surface area contributed by atoms with Crippen LogP contribution < -0.4 is 0 Å². The van der Waals surface area contributed by atoms with Gasteiger partial charge in [-0.25, -0.2) is 9.69 Å². The minimum atomic E-state index is -0.608. The van der Waals surface area contributed by atoms with Crippen molar-refractivity contribution in [2.45, 2.75) is 51.1 Å². The number of amides is 2. The molecule has 2 fully saturated rings. The summed E-state index contributed by atoms with van der Waals surface area (Å²) in [4.78, 5) is 25.5. The van der Waals surface area contributed by atoms with Crippen molar-refractivity contribution in [3.05, 3.63) is 34.9 Å². The van der Waals surface area contributed by atoms with Crippen molar-refractivity contribution >= 4 is 30.7 Å². The summed E-state index contributed by atoms with van der Waals surface area (Å²) < 4.78 is 17.2. The Morgan fingerprint density at radius 2 is 1.77 bits per heavy atom. The molecule has 0 bridgehead atoms. The summed E-state index contributed by atoms with van der Waals surface area (Å²) in [6.45, 7) is 8.36. The Balaban J connectivity index is 1.86. The van der Waals surface area contributed by atoms with E-state index in [-0.39, 0.29) is 31.3 Å². The second kappa shape index (κ2) is 6.87. The summed E-state index contributed by atoms with van der Waals surface area (Å²) in [5, 5.41) is 0.607. The van der Waals surface area contributed by atoms with Crippen LogP contribution >= 0.6 is 11.6 Å². The fraction of sp³-hybridized carbons (Fsp3) is 0.556. The fourth-order valence-corrected chi connectivity index (χ4v) is 3.18. The Kier molecular flexibility index (Phi) is 5.07. The number of carbonyl (C=O) groups excluding carboxylic acids is 2. The molecule has 2 saturated heterocycles. The van der Waals surface area contributed by atoms with Crippen molar-refractivity contribution in [2.75, 3.05) is 13.2 Å². The second-order valence-corrected chi connectivity index (χ2v) is 8.08. The predicted molar refractivity (Wildman–Crippen MR) is 98.0 cm³/mol. The molecule has 140 valence electrons. The highest BCUT2D eigenvalue weighted by Crippen LogP contribution is 2.42. The van der Waals surface area contributed by atoms with E-state index in [9.17, 15) is 9.59 Å². The third-order valence-electron chi connectivity index (χ3n) is 5.35. The van der Waals surface area contributed by atoms with E-state index < -0.39 is 24.4 Å². The van der Waals surface area contributed by atoms with Gasteiger partial charge in [-0.3, -0.25) is 4.79 Å². The maximum absolute atomic E-state index is 12.7. The minimum Gasteiger partial charge on any atom is -0.447 e. The molecule has 0 saturated carbocycles. The molecule has 2 aliphatic rings. The van der Waals surface area contributed by atoms with E-state index >= 15 is 0 Å². The average Bonchev–Trinajstić information content (AvgIpc) is 3.06. The first-order chi connectivity index (χ1) is 12.1. The summed E-state index contributed by atoms with van der Waals surface area (Å²) in [6.07, 6.45) is -0.521. The fourth-order valence-electron chi connectivity index (χ4n) is 3.05. The average molecular weight is 380 g/mol. The normalized spacial score (nSPS) is 22.4. The number of rotatable bonds is 4. The topological polar surface area (TPSA) is 65.1 Å². The van der Waals surface area contributed by atoms with Crippen molar-refractivity contribution in [2.24, 2.45) is 0 Å². The molecule has 8 heteroatoms. The molecule has 0 N–H and O–H groups in total. The first kappa shape index (κ1) is 19.2. The number of benzene rings is 1. The molecule has 0 aliphatic carbocycles. The molecule has 0 aromatic heterocycles. The quantitative estimate of drug-likeness (QED) is 0.750. The molecule has 2 amide bonds. The van der Waals surface area contributed by atoms with E-state index in [1.165, 1.54) is 0 Å². The Morgan fingerprint density at radius 3 is 2.27 bits per heavy atom. The van der Waals surface area contributed by atoms with Crippen LogP contribution in [0.1, 0.15) is 45.5 Å². The molecule has 0 radical (unpaired) electrons. The number of nitrogens with zero attached hydrogens (tertiary/aromatic N) is 1. The molecule has 1 aromatic carbocycles. The van der Waals surface area contributed by atoms with Gasteiger partial charge in [-0.1, -0.05) is 23.7 Å². The third kappa shape index (κ3) is 3.61. The summed E-state index contributed by atoms with van der Waals surface area (Å²) in [5.41, 5.74) is -0.163. The smallest absolute Gasteiger partial charge is 0.447 e. The van der Waals surface area contributed by atoms with Gasteiger partial charge in [-0.15, -0.1) is 0 Å². The van der Waals surface area contributed by atoms with Gasteiger partial charge in [0.1, 0.15) is 6.61 Å². The van der Waals surface area contributed by atoms with Crippen LogP contribution in [-0.2, 0) is 18.8 Å². The number of hydrogen-bond acceptors (Lipinski definition) is 5. The number of cyclic esters (lactones) is 1. The van der Waals surface area contributed by atoms with Gasteiger partial charge >= 0.3 is 13.2 Å². The number of imide groups is 1. The Hall–Kier alpha value is -1.57. The van der Waals surface area contributed by atoms with Gasteiger partial charge in [-0.05, 0) is 45.4 Å². The van der Waals surface area contributed by atoms with E-state index in [4.69, 9.17) is 25.6 Å². The molecule has 0 unspecified atom stereocenters. The van der Waals surface area contributed by atoms with Crippen molar-refractivity contribution in [1.82, 2.24) is 4.90 Å². The van der Waals surface area contributed by atoms with Gasteiger partial charge in [0.2, 0.25) is 5.91 Å². The van der Waals surface area contributed by atoms with Crippen LogP contribution in [0.25, 0.3) is 0 Å². The van der Waals surface area contributed by atoms with Crippen LogP contribution in [-0.4, -0.2) is 48.4 Å². The maximum atomic E-state index is 12.7. The Bertz CT molecular complexity index is 690. The first-order valence-corrected chi connectivity index (χ1v) is 9.07. The maximum Gasteiger partial charge on any atom is 0.466 e. The van der Waals surface area contributed by atoms with Crippen molar-refractivity contribution in [3.8, 4) is 0 Å². The highest BCUT2D eigenvalue weighted by atomic mass is 35.5. The summed E-state index contributed by atoms with van der Waals surface area (Å²) >= 11 is 6.00. The van der Waals surface area contributed by atoms with Crippen LogP contribution in [0.15, 0.2) is 24.3 Å². The lowest BCUT2D eigenvalue weighted by Gasteiger charge is -2.32. The molecule has 3 rings (SSSR count). The third-order valence-corrected chi connectivity index (χ3v) is 5.61. The summed E-state index contributed by atoms with van der Waals surface area (Å²) in [5.74, 6) is -0.670. The lowest BCUT2D eigenvalue weighted by atomic mass is 9.66. The molecule has 26 heavy (non-hydrogen) atoms.